The van der Waals surface area contributed by atoms with Gasteiger partial charge in [0, 0.05) is 23.5 Å². The summed E-state index contributed by atoms with van der Waals surface area (Å²) >= 11 is 1.87. The van der Waals surface area contributed by atoms with Crippen molar-refractivity contribution in [2.45, 2.75) is 83.0 Å². The minimum absolute atomic E-state index is 0.102. The zero-order valence-electron chi connectivity index (χ0n) is 14.0. The highest BCUT2D eigenvalue weighted by molar-refractivity contribution is 7.09. The number of hydrogen-bond donors (Lipinski definition) is 1. The van der Waals surface area contributed by atoms with Gasteiger partial charge in [-0.2, -0.15) is 0 Å². The Bertz CT molecular complexity index is 480. The van der Waals surface area contributed by atoms with Crippen molar-refractivity contribution >= 4 is 11.3 Å². The number of fused-ring (bicyclic) bond motifs is 2. The quantitative estimate of drug-likeness (QED) is 0.919. The topological polar surface area (TPSA) is 28.2 Å². The molecule has 21 heavy (non-hydrogen) atoms. The van der Waals surface area contributed by atoms with Crippen LogP contribution >= 0.6 is 11.3 Å². The summed E-state index contributed by atoms with van der Waals surface area (Å²) < 4.78 is 0. The molecule has 2 bridgehead atoms. The van der Waals surface area contributed by atoms with Crippen LogP contribution in [0.5, 0.6) is 0 Å². The SMILES string of the molecule is CC(C)NC1(c2nc(C(C)C)cs2)CC2CCC(C1)N2C. The molecule has 0 amide bonds. The van der Waals surface area contributed by atoms with Crippen LogP contribution in [0.2, 0.25) is 0 Å². The standard InChI is InChI=1S/C17H29N3S/c1-11(2)15-10-21-16(18-15)17(19-12(3)4)8-13-6-7-14(9-17)20(13)5/h10-14,19H,6-9H2,1-5H3. The minimum atomic E-state index is 0.102. The van der Waals surface area contributed by atoms with Crippen molar-refractivity contribution in [3.05, 3.63) is 16.1 Å². The summed E-state index contributed by atoms with van der Waals surface area (Å²) in [6.45, 7) is 9.00. The van der Waals surface area contributed by atoms with Crippen LogP contribution in [0.3, 0.4) is 0 Å². The molecule has 2 aliphatic rings. The molecule has 118 valence electrons. The summed E-state index contributed by atoms with van der Waals surface area (Å²) in [6.07, 6.45) is 5.13. The van der Waals surface area contributed by atoms with Gasteiger partial charge in [0.25, 0.3) is 0 Å². The van der Waals surface area contributed by atoms with Gasteiger partial charge in [-0.3, -0.25) is 0 Å². The molecule has 0 spiro atoms. The Morgan fingerprint density at radius 2 is 1.86 bits per heavy atom. The van der Waals surface area contributed by atoms with E-state index in [1.165, 1.54) is 36.4 Å². The van der Waals surface area contributed by atoms with E-state index in [0.29, 0.717) is 12.0 Å². The van der Waals surface area contributed by atoms with Gasteiger partial charge in [0.1, 0.15) is 5.01 Å². The van der Waals surface area contributed by atoms with Gasteiger partial charge >= 0.3 is 0 Å². The molecule has 3 rings (SSSR count). The van der Waals surface area contributed by atoms with Crippen LogP contribution in [0.1, 0.15) is 70.0 Å². The lowest BCUT2D eigenvalue weighted by atomic mass is 9.82. The number of rotatable bonds is 4. The van der Waals surface area contributed by atoms with Crippen LogP contribution in [0, 0.1) is 0 Å². The average molecular weight is 308 g/mol. The normalized spacial score (nSPS) is 33.3. The molecule has 0 aliphatic carbocycles. The molecule has 3 nitrogen and oxygen atoms in total. The first-order valence-electron chi connectivity index (χ1n) is 8.37. The highest BCUT2D eigenvalue weighted by atomic mass is 32.1. The van der Waals surface area contributed by atoms with Gasteiger partial charge < -0.3 is 10.2 Å². The zero-order valence-corrected chi connectivity index (χ0v) is 14.8. The highest BCUT2D eigenvalue weighted by Gasteiger charge is 2.49. The zero-order chi connectivity index (χ0) is 15.2. The smallest absolute Gasteiger partial charge is 0.113 e. The molecule has 1 aromatic rings. The maximum absolute atomic E-state index is 5.02. The second-order valence-electron chi connectivity index (χ2n) is 7.57. The predicted octanol–water partition coefficient (Wildman–Crippen LogP) is 3.72. The fraction of sp³-hybridized carbons (Fsp3) is 0.824. The van der Waals surface area contributed by atoms with E-state index in [0.717, 1.165) is 12.1 Å². The van der Waals surface area contributed by atoms with E-state index < -0.39 is 0 Å². The molecular formula is C17H29N3S. The van der Waals surface area contributed by atoms with E-state index in [1.807, 2.05) is 11.3 Å². The second-order valence-corrected chi connectivity index (χ2v) is 8.43. The predicted molar refractivity (Wildman–Crippen MR) is 90.0 cm³/mol. The number of hydrogen-bond acceptors (Lipinski definition) is 4. The maximum atomic E-state index is 5.02. The fourth-order valence-corrected chi connectivity index (χ4v) is 5.31. The number of nitrogens with one attached hydrogen (secondary N) is 1. The Morgan fingerprint density at radius 1 is 1.24 bits per heavy atom. The molecule has 1 N–H and O–H groups in total. The third kappa shape index (κ3) is 2.78. The van der Waals surface area contributed by atoms with Gasteiger partial charge in [0.05, 0.1) is 11.2 Å². The first-order valence-corrected chi connectivity index (χ1v) is 9.25. The molecular weight excluding hydrogens is 278 g/mol. The molecule has 4 heteroatoms. The molecule has 2 atom stereocenters. The molecule has 0 radical (unpaired) electrons. The van der Waals surface area contributed by atoms with E-state index in [9.17, 15) is 0 Å². The summed E-state index contributed by atoms with van der Waals surface area (Å²) in [6, 6.07) is 1.95. The Labute approximate surface area is 133 Å². The van der Waals surface area contributed by atoms with Crippen molar-refractivity contribution in [2.75, 3.05) is 7.05 Å². The number of thiazole rings is 1. The lowest BCUT2D eigenvalue weighted by Crippen LogP contribution is -2.56. The van der Waals surface area contributed by atoms with Crippen molar-refractivity contribution in [2.24, 2.45) is 0 Å². The van der Waals surface area contributed by atoms with Crippen molar-refractivity contribution in [1.29, 1.82) is 0 Å². The van der Waals surface area contributed by atoms with Crippen LogP contribution in [-0.4, -0.2) is 35.1 Å². The summed E-state index contributed by atoms with van der Waals surface area (Å²) in [5.41, 5.74) is 1.36. The van der Waals surface area contributed by atoms with Crippen molar-refractivity contribution in [3.63, 3.8) is 0 Å². The summed E-state index contributed by atoms with van der Waals surface area (Å²) in [5.74, 6) is 0.522. The monoisotopic (exact) mass is 307 g/mol. The lowest BCUT2D eigenvalue weighted by molar-refractivity contribution is 0.0829. The van der Waals surface area contributed by atoms with Crippen LogP contribution in [0.4, 0.5) is 0 Å². The number of piperidine rings is 1. The number of aromatic nitrogens is 1. The van der Waals surface area contributed by atoms with Gasteiger partial charge in [-0.05, 0) is 52.5 Å². The Morgan fingerprint density at radius 3 is 2.33 bits per heavy atom. The van der Waals surface area contributed by atoms with Crippen LogP contribution < -0.4 is 5.32 Å². The Hall–Kier alpha value is -0.450. The molecule has 3 heterocycles. The van der Waals surface area contributed by atoms with E-state index in [-0.39, 0.29) is 5.54 Å². The third-order valence-corrected chi connectivity index (χ3v) is 6.31. The molecule has 2 fully saturated rings. The highest BCUT2D eigenvalue weighted by Crippen LogP contribution is 2.46. The van der Waals surface area contributed by atoms with Crippen LogP contribution in [0.25, 0.3) is 0 Å². The first-order chi connectivity index (χ1) is 9.91. The van der Waals surface area contributed by atoms with Gasteiger partial charge in [-0.25, -0.2) is 4.98 Å². The molecule has 2 unspecified atom stereocenters. The number of nitrogens with zero attached hydrogens (tertiary/aromatic N) is 2. The molecule has 1 aromatic heterocycles. The minimum Gasteiger partial charge on any atom is -0.303 e. The van der Waals surface area contributed by atoms with Crippen molar-refractivity contribution < 1.29 is 0 Å². The second kappa shape index (κ2) is 5.64. The summed E-state index contributed by atoms with van der Waals surface area (Å²) in [5, 5.41) is 7.50. The van der Waals surface area contributed by atoms with E-state index in [4.69, 9.17) is 4.98 Å². The molecule has 2 aliphatic heterocycles. The maximum Gasteiger partial charge on any atom is 0.113 e. The van der Waals surface area contributed by atoms with Crippen molar-refractivity contribution in [1.82, 2.24) is 15.2 Å². The van der Waals surface area contributed by atoms with E-state index in [2.05, 4.69) is 50.3 Å². The molecule has 0 aromatic carbocycles. The summed E-state index contributed by atoms with van der Waals surface area (Å²) in [4.78, 5) is 7.63. The van der Waals surface area contributed by atoms with E-state index in [1.54, 1.807) is 0 Å². The summed E-state index contributed by atoms with van der Waals surface area (Å²) in [7, 11) is 2.31. The lowest BCUT2D eigenvalue weighted by Gasteiger charge is -2.45. The van der Waals surface area contributed by atoms with Crippen LogP contribution in [0.15, 0.2) is 5.38 Å². The van der Waals surface area contributed by atoms with Gasteiger partial charge in [-0.15, -0.1) is 11.3 Å². The van der Waals surface area contributed by atoms with Crippen LogP contribution in [-0.2, 0) is 5.54 Å². The Balaban J connectivity index is 1.94. The van der Waals surface area contributed by atoms with Gasteiger partial charge in [0.2, 0.25) is 0 Å². The third-order valence-electron chi connectivity index (χ3n) is 5.24. The molecule has 0 saturated carbocycles. The molecule has 2 saturated heterocycles. The van der Waals surface area contributed by atoms with Gasteiger partial charge in [0.15, 0.2) is 0 Å². The first kappa shape index (κ1) is 15.4. The average Bonchev–Trinajstić information content (AvgIpc) is 2.95. The van der Waals surface area contributed by atoms with Gasteiger partial charge in [-0.1, -0.05) is 13.8 Å². The van der Waals surface area contributed by atoms with E-state index >= 15 is 0 Å². The Kier molecular flexibility index (Phi) is 4.15. The van der Waals surface area contributed by atoms with Crippen molar-refractivity contribution in [3.8, 4) is 0 Å². The largest absolute Gasteiger partial charge is 0.303 e. The fourth-order valence-electron chi connectivity index (χ4n) is 4.15.